The number of pyridine rings is 1. The minimum absolute atomic E-state index is 0.130. The third-order valence-electron chi connectivity index (χ3n) is 2.78. The summed E-state index contributed by atoms with van der Waals surface area (Å²) in [5.74, 6) is 0.901. The summed E-state index contributed by atoms with van der Waals surface area (Å²) in [7, 11) is 0. The number of nitrogens with two attached hydrogens (primary N) is 1. The second-order valence-corrected chi connectivity index (χ2v) is 4.70. The molecule has 1 aromatic carbocycles. The van der Waals surface area contributed by atoms with Gasteiger partial charge in [-0.2, -0.15) is 0 Å². The molecule has 0 aliphatic heterocycles. The fourth-order valence-corrected chi connectivity index (χ4v) is 1.87. The highest BCUT2D eigenvalue weighted by Crippen LogP contribution is 2.21. The number of hydrogen-bond donors (Lipinski definition) is 2. The first-order chi connectivity index (χ1) is 8.06. The minimum Gasteiger partial charge on any atom is -0.369 e. The average Bonchev–Trinajstić information content (AvgIpc) is 2.25. The summed E-state index contributed by atoms with van der Waals surface area (Å²) in [6.45, 7) is 6.91. The number of rotatable bonds is 3. The largest absolute Gasteiger partial charge is 0.369 e. The highest BCUT2D eigenvalue weighted by atomic mass is 15.0. The Balaban J connectivity index is 2.39. The molecule has 1 unspecified atom stereocenters. The molecule has 1 atom stereocenters. The van der Waals surface area contributed by atoms with Gasteiger partial charge in [0.05, 0.1) is 5.52 Å². The summed E-state index contributed by atoms with van der Waals surface area (Å²) >= 11 is 0. The molecule has 3 heteroatoms. The summed E-state index contributed by atoms with van der Waals surface area (Å²) < 4.78 is 0. The van der Waals surface area contributed by atoms with Crippen molar-refractivity contribution in [3.63, 3.8) is 0 Å². The number of anilines is 1. The summed E-state index contributed by atoms with van der Waals surface area (Å²) in [5, 5.41) is 4.47. The van der Waals surface area contributed by atoms with E-state index in [0.717, 1.165) is 17.9 Å². The van der Waals surface area contributed by atoms with Gasteiger partial charge in [-0.25, -0.2) is 4.98 Å². The molecule has 0 amide bonds. The Hall–Kier alpha value is -1.61. The predicted octanol–water partition coefficient (Wildman–Crippen LogP) is 2.61. The van der Waals surface area contributed by atoms with Crippen molar-refractivity contribution in [3.8, 4) is 0 Å². The molecule has 1 aromatic heterocycles. The molecule has 0 aliphatic rings. The third-order valence-corrected chi connectivity index (χ3v) is 2.78. The smallest absolute Gasteiger partial charge is 0.126 e. The topological polar surface area (TPSA) is 50.9 Å². The number of aryl methyl sites for hydroxylation is 2. The maximum Gasteiger partial charge on any atom is 0.126 e. The zero-order valence-corrected chi connectivity index (χ0v) is 10.6. The van der Waals surface area contributed by atoms with Crippen LogP contribution < -0.4 is 11.1 Å². The molecule has 0 saturated carbocycles. The van der Waals surface area contributed by atoms with Gasteiger partial charge in [0.25, 0.3) is 0 Å². The Morgan fingerprint density at radius 3 is 2.76 bits per heavy atom. The number of benzene rings is 1. The first-order valence-corrected chi connectivity index (χ1v) is 5.94. The van der Waals surface area contributed by atoms with E-state index in [-0.39, 0.29) is 6.04 Å². The van der Waals surface area contributed by atoms with Crippen molar-refractivity contribution in [1.82, 2.24) is 4.98 Å². The molecule has 0 saturated heterocycles. The van der Waals surface area contributed by atoms with Crippen LogP contribution in [0.25, 0.3) is 10.9 Å². The lowest BCUT2D eigenvalue weighted by atomic mass is 10.1. The highest BCUT2D eigenvalue weighted by Gasteiger charge is 2.03. The molecular formula is C14H19N3. The fraction of sp³-hybridized carbons (Fsp3) is 0.357. The number of fused-ring (bicyclic) bond motifs is 1. The average molecular weight is 229 g/mol. The first kappa shape index (κ1) is 11.9. The van der Waals surface area contributed by atoms with Crippen LogP contribution in [0.15, 0.2) is 24.3 Å². The molecule has 2 rings (SSSR count). The van der Waals surface area contributed by atoms with Gasteiger partial charge in [-0.05, 0) is 44.0 Å². The van der Waals surface area contributed by atoms with E-state index in [1.165, 1.54) is 16.5 Å². The SMILES string of the molecule is Cc1ccc2c(C)cc(NCC(C)N)nc2c1. The van der Waals surface area contributed by atoms with E-state index >= 15 is 0 Å². The van der Waals surface area contributed by atoms with Crippen LogP contribution in [0.3, 0.4) is 0 Å². The van der Waals surface area contributed by atoms with E-state index in [1.54, 1.807) is 0 Å². The van der Waals surface area contributed by atoms with Gasteiger partial charge in [0.15, 0.2) is 0 Å². The highest BCUT2D eigenvalue weighted by molar-refractivity contribution is 5.84. The molecule has 90 valence electrons. The van der Waals surface area contributed by atoms with Crippen LogP contribution in [0.5, 0.6) is 0 Å². The summed E-state index contributed by atoms with van der Waals surface area (Å²) in [5.41, 5.74) is 9.23. The van der Waals surface area contributed by atoms with Crippen molar-refractivity contribution < 1.29 is 0 Å². The third kappa shape index (κ3) is 2.74. The van der Waals surface area contributed by atoms with Gasteiger partial charge < -0.3 is 11.1 Å². The molecular weight excluding hydrogens is 210 g/mol. The maximum absolute atomic E-state index is 5.72. The lowest BCUT2D eigenvalue weighted by molar-refractivity contribution is 0.778. The lowest BCUT2D eigenvalue weighted by Crippen LogP contribution is -2.25. The van der Waals surface area contributed by atoms with E-state index in [4.69, 9.17) is 5.73 Å². The Kier molecular flexibility index (Phi) is 3.29. The van der Waals surface area contributed by atoms with Crippen LogP contribution in [0, 0.1) is 13.8 Å². The number of nitrogens with zero attached hydrogens (tertiary/aromatic N) is 1. The van der Waals surface area contributed by atoms with Crippen LogP contribution >= 0.6 is 0 Å². The molecule has 0 radical (unpaired) electrons. The quantitative estimate of drug-likeness (QED) is 0.850. The maximum atomic E-state index is 5.72. The fourth-order valence-electron chi connectivity index (χ4n) is 1.87. The summed E-state index contributed by atoms with van der Waals surface area (Å²) in [6, 6.07) is 8.55. The zero-order valence-electron chi connectivity index (χ0n) is 10.6. The molecule has 0 aliphatic carbocycles. The van der Waals surface area contributed by atoms with Crippen LogP contribution in [0.1, 0.15) is 18.1 Å². The summed E-state index contributed by atoms with van der Waals surface area (Å²) in [4.78, 5) is 4.60. The van der Waals surface area contributed by atoms with E-state index < -0.39 is 0 Å². The lowest BCUT2D eigenvalue weighted by Gasteiger charge is -2.11. The van der Waals surface area contributed by atoms with Crippen molar-refractivity contribution >= 4 is 16.7 Å². The molecule has 3 N–H and O–H groups in total. The summed E-state index contributed by atoms with van der Waals surface area (Å²) in [6.07, 6.45) is 0. The predicted molar refractivity (Wildman–Crippen MR) is 73.4 cm³/mol. The molecule has 2 aromatic rings. The van der Waals surface area contributed by atoms with Crippen molar-refractivity contribution in [1.29, 1.82) is 0 Å². The van der Waals surface area contributed by atoms with E-state index in [1.807, 2.05) is 6.92 Å². The van der Waals surface area contributed by atoms with Crippen LogP contribution in [0.4, 0.5) is 5.82 Å². The number of nitrogens with one attached hydrogen (secondary N) is 1. The molecule has 3 nitrogen and oxygen atoms in total. The van der Waals surface area contributed by atoms with Crippen molar-refractivity contribution in [3.05, 3.63) is 35.4 Å². The minimum atomic E-state index is 0.130. The Morgan fingerprint density at radius 2 is 2.06 bits per heavy atom. The zero-order chi connectivity index (χ0) is 12.4. The number of aromatic nitrogens is 1. The number of hydrogen-bond acceptors (Lipinski definition) is 3. The normalized spacial score (nSPS) is 12.7. The van der Waals surface area contributed by atoms with Crippen molar-refractivity contribution in [2.24, 2.45) is 5.73 Å². The van der Waals surface area contributed by atoms with Gasteiger partial charge >= 0.3 is 0 Å². The molecule has 0 spiro atoms. The molecule has 0 fully saturated rings. The Bertz CT molecular complexity index is 532. The molecule has 1 heterocycles. The van der Waals surface area contributed by atoms with Crippen LogP contribution in [-0.2, 0) is 0 Å². The van der Waals surface area contributed by atoms with Gasteiger partial charge in [0.2, 0.25) is 0 Å². The van der Waals surface area contributed by atoms with Gasteiger partial charge in [-0.1, -0.05) is 12.1 Å². The second kappa shape index (κ2) is 4.72. The van der Waals surface area contributed by atoms with E-state index in [9.17, 15) is 0 Å². The standard InChI is InChI=1S/C14H19N3/c1-9-4-5-12-10(2)7-14(16-8-11(3)15)17-13(12)6-9/h4-7,11H,8,15H2,1-3H3,(H,16,17). The Labute approximate surface area is 102 Å². The van der Waals surface area contributed by atoms with Gasteiger partial charge in [-0.15, -0.1) is 0 Å². The van der Waals surface area contributed by atoms with E-state index in [2.05, 4.69) is 48.4 Å². The molecule has 17 heavy (non-hydrogen) atoms. The monoisotopic (exact) mass is 229 g/mol. The first-order valence-electron chi connectivity index (χ1n) is 5.94. The van der Waals surface area contributed by atoms with Crippen molar-refractivity contribution in [2.45, 2.75) is 26.8 Å². The van der Waals surface area contributed by atoms with Gasteiger partial charge in [0, 0.05) is 18.0 Å². The van der Waals surface area contributed by atoms with Crippen LogP contribution in [0.2, 0.25) is 0 Å². The van der Waals surface area contributed by atoms with E-state index in [0.29, 0.717) is 0 Å². The second-order valence-electron chi connectivity index (χ2n) is 4.70. The molecule has 0 bridgehead atoms. The van der Waals surface area contributed by atoms with Crippen LogP contribution in [-0.4, -0.2) is 17.6 Å². The Morgan fingerprint density at radius 1 is 1.29 bits per heavy atom. The van der Waals surface area contributed by atoms with Gasteiger partial charge in [0.1, 0.15) is 5.82 Å². The van der Waals surface area contributed by atoms with Gasteiger partial charge in [-0.3, -0.25) is 0 Å². The van der Waals surface area contributed by atoms with Crippen molar-refractivity contribution in [2.75, 3.05) is 11.9 Å².